The molecule has 0 aromatic heterocycles. The molecule has 4 nitrogen and oxygen atoms in total. The van der Waals surface area contributed by atoms with Crippen molar-refractivity contribution < 1.29 is 0 Å². The number of benzene rings is 9. The Morgan fingerprint density at radius 3 is 0.547 bits per heavy atom. The van der Waals surface area contributed by atoms with Crippen molar-refractivity contribution in [1.82, 2.24) is 0 Å². The molecule has 4 heteroatoms. The van der Waals surface area contributed by atoms with Gasteiger partial charge >= 0.3 is 0 Å². The van der Waals surface area contributed by atoms with Crippen LogP contribution in [0.15, 0.2) is 218 Å². The normalized spacial score (nSPS) is 11.0. The fourth-order valence-electron chi connectivity index (χ4n) is 8.37. The molecule has 0 heterocycles. The summed E-state index contributed by atoms with van der Waals surface area (Å²) in [7, 11) is 0. The Hall–Kier alpha value is -7.82. The topological polar surface area (TPSA) is 13.0 Å². The van der Waals surface area contributed by atoms with Crippen LogP contribution in [0.3, 0.4) is 0 Å². The van der Waals surface area contributed by atoms with Gasteiger partial charge in [0.15, 0.2) is 0 Å². The number of para-hydroxylation sites is 3. The molecule has 0 unspecified atom stereocenters. The number of aryl methyl sites for hydroxylation is 6. The summed E-state index contributed by atoms with van der Waals surface area (Å²) in [6, 6.07) is 78.8. The van der Waals surface area contributed by atoms with Gasteiger partial charge in [-0.3, -0.25) is 0 Å². The van der Waals surface area contributed by atoms with E-state index in [0.717, 1.165) is 68.2 Å². The molecule has 0 fully saturated rings. The average molecular weight is 831 g/mol. The maximum absolute atomic E-state index is 2.35. The van der Waals surface area contributed by atoms with Crippen LogP contribution in [0.4, 0.5) is 68.2 Å². The maximum Gasteiger partial charge on any atom is 0.0464 e. The number of nitrogens with zero attached hydrogens (tertiary/aromatic N) is 4. The molecule has 0 saturated carbocycles. The Morgan fingerprint density at radius 2 is 0.344 bits per heavy atom. The lowest BCUT2D eigenvalue weighted by Gasteiger charge is -2.30. The van der Waals surface area contributed by atoms with Crippen LogP contribution in [-0.4, -0.2) is 0 Å². The lowest BCUT2D eigenvalue weighted by molar-refractivity contribution is 1.22. The summed E-state index contributed by atoms with van der Waals surface area (Å²) >= 11 is 0. The zero-order chi connectivity index (χ0) is 44.2. The Bertz CT molecular complexity index is 2650. The van der Waals surface area contributed by atoms with Crippen LogP contribution in [0.1, 0.15) is 33.4 Å². The van der Waals surface area contributed by atoms with Gasteiger partial charge in [0.25, 0.3) is 0 Å². The standard InChI is InChI=1S/C60H54N4/c1-43-22-25-58(40-46(43)4)62(49-16-10-7-11-17-49)55-34-28-52(29-35-55)61(53-30-36-56(37-31-53)63(50-18-12-8-13-19-50)59-26-23-44(2)47(5)41-59)54-32-38-57(39-33-54)64(51-20-14-9-15-21-51)60-27-24-45(3)48(6)42-60/h7-42H,1-6H3. The van der Waals surface area contributed by atoms with Gasteiger partial charge in [-0.1, -0.05) is 72.8 Å². The molecule has 0 bridgehead atoms. The minimum Gasteiger partial charge on any atom is -0.310 e. The molecule has 0 spiro atoms. The second-order valence-electron chi connectivity index (χ2n) is 16.7. The van der Waals surface area contributed by atoms with Crippen molar-refractivity contribution in [2.75, 3.05) is 19.6 Å². The predicted molar refractivity (Wildman–Crippen MR) is 274 cm³/mol. The molecule has 0 N–H and O–H groups in total. The quantitative estimate of drug-likeness (QED) is 0.122. The Kier molecular flexibility index (Phi) is 11.8. The highest BCUT2D eigenvalue weighted by molar-refractivity contribution is 5.85. The first-order valence-electron chi connectivity index (χ1n) is 22.1. The lowest BCUT2D eigenvalue weighted by atomic mass is 10.1. The first kappa shape index (κ1) is 41.5. The summed E-state index contributed by atoms with van der Waals surface area (Å²) in [5, 5.41) is 0. The van der Waals surface area contributed by atoms with Crippen LogP contribution in [0.2, 0.25) is 0 Å². The fourth-order valence-corrected chi connectivity index (χ4v) is 8.37. The van der Waals surface area contributed by atoms with Crippen LogP contribution in [0, 0.1) is 41.5 Å². The molecular weight excluding hydrogens is 777 g/mol. The Morgan fingerprint density at radius 1 is 0.172 bits per heavy atom. The zero-order valence-corrected chi connectivity index (χ0v) is 37.6. The van der Waals surface area contributed by atoms with Gasteiger partial charge in [-0.05, 0) is 221 Å². The molecule has 0 aliphatic heterocycles. The Balaban J connectivity index is 1.14. The minimum absolute atomic E-state index is 1.06. The molecule has 0 saturated heterocycles. The second kappa shape index (κ2) is 18.3. The van der Waals surface area contributed by atoms with Gasteiger partial charge in [-0.15, -0.1) is 0 Å². The second-order valence-corrected chi connectivity index (χ2v) is 16.7. The molecule has 314 valence electrons. The van der Waals surface area contributed by atoms with Crippen LogP contribution < -0.4 is 19.6 Å². The smallest absolute Gasteiger partial charge is 0.0464 e. The predicted octanol–water partition coefficient (Wildman–Crippen LogP) is 17.4. The van der Waals surface area contributed by atoms with E-state index in [1.54, 1.807) is 0 Å². The minimum atomic E-state index is 1.06. The average Bonchev–Trinajstić information content (AvgIpc) is 3.33. The third-order valence-corrected chi connectivity index (χ3v) is 12.4. The van der Waals surface area contributed by atoms with E-state index in [9.17, 15) is 0 Å². The first-order chi connectivity index (χ1) is 31.2. The van der Waals surface area contributed by atoms with E-state index in [1.807, 2.05) is 0 Å². The molecule has 9 aromatic rings. The highest BCUT2D eigenvalue weighted by Gasteiger charge is 2.20. The Labute approximate surface area is 379 Å². The van der Waals surface area contributed by atoms with Crippen LogP contribution in [0.25, 0.3) is 0 Å². The van der Waals surface area contributed by atoms with Crippen LogP contribution in [-0.2, 0) is 0 Å². The summed E-state index contributed by atoms with van der Waals surface area (Å²) in [5.74, 6) is 0. The monoisotopic (exact) mass is 830 g/mol. The van der Waals surface area contributed by atoms with Gasteiger partial charge in [0.2, 0.25) is 0 Å². The first-order valence-corrected chi connectivity index (χ1v) is 22.1. The van der Waals surface area contributed by atoms with Crippen molar-refractivity contribution >= 4 is 68.2 Å². The van der Waals surface area contributed by atoms with Gasteiger partial charge in [0.05, 0.1) is 0 Å². The van der Waals surface area contributed by atoms with Crippen molar-refractivity contribution in [3.63, 3.8) is 0 Å². The number of hydrogen-bond acceptors (Lipinski definition) is 4. The SMILES string of the molecule is Cc1ccc(N(c2ccccc2)c2ccc(N(c3ccc(N(c4ccccc4)c4ccc(C)c(C)c4)cc3)c3ccc(N(c4ccccc4)c4ccc(C)c(C)c4)cc3)cc2)cc1C. The van der Waals surface area contributed by atoms with Gasteiger partial charge in [-0.25, -0.2) is 0 Å². The van der Waals surface area contributed by atoms with E-state index in [1.165, 1.54) is 33.4 Å². The van der Waals surface area contributed by atoms with E-state index < -0.39 is 0 Å². The largest absolute Gasteiger partial charge is 0.310 e. The van der Waals surface area contributed by atoms with E-state index in [-0.39, 0.29) is 0 Å². The molecule has 0 radical (unpaired) electrons. The summed E-state index contributed by atoms with van der Waals surface area (Å²) in [6.07, 6.45) is 0. The lowest BCUT2D eigenvalue weighted by Crippen LogP contribution is -2.14. The van der Waals surface area contributed by atoms with Crippen LogP contribution >= 0.6 is 0 Å². The summed E-state index contributed by atoms with van der Waals surface area (Å²) in [6.45, 7) is 13.0. The van der Waals surface area contributed by atoms with E-state index in [4.69, 9.17) is 0 Å². The highest BCUT2D eigenvalue weighted by Crippen LogP contribution is 2.43. The summed E-state index contributed by atoms with van der Waals surface area (Å²) < 4.78 is 0. The summed E-state index contributed by atoms with van der Waals surface area (Å²) in [5.41, 5.74) is 20.8. The molecule has 0 atom stereocenters. The van der Waals surface area contributed by atoms with Gasteiger partial charge < -0.3 is 19.6 Å². The van der Waals surface area contributed by atoms with Crippen molar-refractivity contribution in [2.24, 2.45) is 0 Å². The third-order valence-electron chi connectivity index (χ3n) is 12.4. The number of rotatable bonds is 12. The summed E-state index contributed by atoms with van der Waals surface area (Å²) in [4.78, 5) is 9.35. The maximum atomic E-state index is 2.35. The molecule has 0 aliphatic rings. The van der Waals surface area contributed by atoms with Crippen molar-refractivity contribution in [2.45, 2.75) is 41.5 Å². The molecule has 0 amide bonds. The van der Waals surface area contributed by atoms with E-state index in [2.05, 4.69) is 280 Å². The van der Waals surface area contributed by atoms with Gasteiger partial charge in [0, 0.05) is 68.2 Å². The van der Waals surface area contributed by atoms with E-state index in [0.29, 0.717) is 0 Å². The molecule has 9 aromatic carbocycles. The van der Waals surface area contributed by atoms with Gasteiger partial charge in [-0.2, -0.15) is 0 Å². The fraction of sp³-hybridized carbons (Fsp3) is 0.100. The zero-order valence-electron chi connectivity index (χ0n) is 37.6. The molecule has 9 rings (SSSR count). The van der Waals surface area contributed by atoms with Crippen molar-refractivity contribution in [3.8, 4) is 0 Å². The molecule has 0 aliphatic carbocycles. The molecular formula is C60H54N4. The number of anilines is 12. The molecule has 64 heavy (non-hydrogen) atoms. The van der Waals surface area contributed by atoms with Gasteiger partial charge in [0.1, 0.15) is 0 Å². The van der Waals surface area contributed by atoms with E-state index >= 15 is 0 Å². The highest BCUT2D eigenvalue weighted by atomic mass is 15.2. The van der Waals surface area contributed by atoms with Crippen molar-refractivity contribution in [1.29, 1.82) is 0 Å². The van der Waals surface area contributed by atoms with Crippen molar-refractivity contribution in [3.05, 3.63) is 252 Å². The number of hydrogen-bond donors (Lipinski definition) is 0. The van der Waals surface area contributed by atoms with Crippen LogP contribution in [0.5, 0.6) is 0 Å². The third kappa shape index (κ3) is 8.64.